The van der Waals surface area contributed by atoms with E-state index in [9.17, 15) is 14.0 Å². The largest absolute Gasteiger partial charge is 0.399 e. The fraction of sp³-hybridized carbons (Fsp3) is 0.172. The number of halogens is 2. The van der Waals surface area contributed by atoms with Gasteiger partial charge in [-0.3, -0.25) is 9.59 Å². The first-order chi connectivity index (χ1) is 17.1. The second-order valence-corrected chi connectivity index (χ2v) is 9.47. The first-order valence-corrected chi connectivity index (χ1v) is 11.6. The summed E-state index contributed by atoms with van der Waals surface area (Å²) in [7, 11) is 0. The SMILES string of the molecule is C=CC(C)(C)CC(=O)Nc1ccc2c(c1)cc(C(=O)Nc1ccc(N)cc1)n2Cc1ccccc1F.Cl. The Hall–Kier alpha value is -4.10. The van der Waals surface area contributed by atoms with Gasteiger partial charge in [-0.05, 0) is 60.0 Å². The first-order valence-electron chi connectivity index (χ1n) is 11.6. The van der Waals surface area contributed by atoms with Gasteiger partial charge in [0.15, 0.2) is 0 Å². The Balaban J connectivity index is 0.00000380. The molecular formula is C29H30ClFN4O2. The van der Waals surface area contributed by atoms with E-state index in [1.165, 1.54) is 6.07 Å². The average Bonchev–Trinajstić information content (AvgIpc) is 3.19. The molecule has 0 aliphatic rings. The monoisotopic (exact) mass is 520 g/mol. The molecule has 4 N–H and O–H groups in total. The minimum Gasteiger partial charge on any atom is -0.399 e. The van der Waals surface area contributed by atoms with Crippen molar-refractivity contribution in [3.8, 4) is 0 Å². The van der Waals surface area contributed by atoms with E-state index >= 15 is 0 Å². The van der Waals surface area contributed by atoms with Gasteiger partial charge in [0, 0.05) is 39.9 Å². The van der Waals surface area contributed by atoms with Crippen LogP contribution in [0.15, 0.2) is 85.5 Å². The Morgan fingerprint density at radius 2 is 1.68 bits per heavy atom. The number of hydrogen-bond donors (Lipinski definition) is 3. The number of hydrogen-bond acceptors (Lipinski definition) is 3. The van der Waals surface area contributed by atoms with Crippen LogP contribution in [0, 0.1) is 11.2 Å². The van der Waals surface area contributed by atoms with Crippen molar-refractivity contribution >= 4 is 52.2 Å². The fourth-order valence-electron chi connectivity index (χ4n) is 3.96. The molecule has 0 aliphatic heterocycles. The van der Waals surface area contributed by atoms with Gasteiger partial charge >= 0.3 is 0 Å². The minimum atomic E-state index is -0.349. The van der Waals surface area contributed by atoms with Crippen molar-refractivity contribution in [2.45, 2.75) is 26.8 Å². The lowest BCUT2D eigenvalue weighted by Crippen LogP contribution is -2.20. The summed E-state index contributed by atoms with van der Waals surface area (Å²) in [6, 6.07) is 20.5. The van der Waals surface area contributed by atoms with Crippen molar-refractivity contribution in [1.29, 1.82) is 0 Å². The highest BCUT2D eigenvalue weighted by atomic mass is 35.5. The summed E-state index contributed by atoms with van der Waals surface area (Å²) in [5.74, 6) is -0.824. The van der Waals surface area contributed by atoms with E-state index in [4.69, 9.17) is 5.73 Å². The van der Waals surface area contributed by atoms with Crippen LogP contribution in [-0.4, -0.2) is 16.4 Å². The molecule has 3 aromatic carbocycles. The number of benzene rings is 3. The topological polar surface area (TPSA) is 89.2 Å². The summed E-state index contributed by atoms with van der Waals surface area (Å²) >= 11 is 0. The second kappa shape index (κ2) is 11.3. The van der Waals surface area contributed by atoms with E-state index in [0.717, 1.165) is 10.9 Å². The maximum Gasteiger partial charge on any atom is 0.272 e. The number of aromatic nitrogens is 1. The second-order valence-electron chi connectivity index (χ2n) is 9.47. The lowest BCUT2D eigenvalue weighted by Gasteiger charge is -2.18. The molecule has 2 amide bonds. The molecule has 192 valence electrons. The molecule has 0 spiro atoms. The van der Waals surface area contributed by atoms with Crippen LogP contribution in [0.2, 0.25) is 0 Å². The number of nitrogens with zero attached hydrogens (tertiary/aromatic N) is 1. The predicted octanol–water partition coefficient (Wildman–Crippen LogP) is 6.63. The molecule has 0 saturated heterocycles. The maximum absolute atomic E-state index is 14.5. The molecule has 0 fully saturated rings. The minimum absolute atomic E-state index is 0. The number of allylic oxidation sites excluding steroid dienone is 1. The van der Waals surface area contributed by atoms with Crippen LogP contribution < -0.4 is 16.4 Å². The summed E-state index contributed by atoms with van der Waals surface area (Å²) in [6.45, 7) is 7.83. The number of nitrogens with two attached hydrogens (primary N) is 1. The van der Waals surface area contributed by atoms with Gasteiger partial charge < -0.3 is 20.9 Å². The van der Waals surface area contributed by atoms with Gasteiger partial charge in [0.25, 0.3) is 5.91 Å². The third-order valence-electron chi connectivity index (χ3n) is 6.04. The molecule has 0 aliphatic carbocycles. The number of carbonyl (C=O) groups excluding carboxylic acids is 2. The molecule has 6 nitrogen and oxygen atoms in total. The Morgan fingerprint density at radius 1 is 1.00 bits per heavy atom. The van der Waals surface area contributed by atoms with Crippen LogP contribution >= 0.6 is 12.4 Å². The molecule has 4 rings (SSSR count). The van der Waals surface area contributed by atoms with E-state index < -0.39 is 0 Å². The number of rotatable bonds is 8. The number of nitrogen functional groups attached to an aromatic ring is 1. The van der Waals surface area contributed by atoms with Crippen LogP contribution in [0.5, 0.6) is 0 Å². The van der Waals surface area contributed by atoms with Crippen LogP contribution in [-0.2, 0) is 11.3 Å². The highest BCUT2D eigenvalue weighted by Crippen LogP contribution is 2.27. The van der Waals surface area contributed by atoms with Crippen LogP contribution in [0.1, 0.15) is 36.3 Å². The summed E-state index contributed by atoms with van der Waals surface area (Å²) in [4.78, 5) is 25.8. The van der Waals surface area contributed by atoms with Crippen molar-refractivity contribution in [3.63, 3.8) is 0 Å². The Bertz CT molecular complexity index is 1440. The third-order valence-corrected chi connectivity index (χ3v) is 6.04. The van der Waals surface area contributed by atoms with Gasteiger partial charge in [-0.15, -0.1) is 19.0 Å². The normalized spacial score (nSPS) is 11.0. The first kappa shape index (κ1) is 27.5. The standard InChI is InChI=1S/C29H29FN4O2.ClH/c1-4-29(2,3)17-27(35)32-23-13-14-25-20(15-23)16-26(28(36)33-22-11-9-21(31)10-12-22)34(25)18-19-7-5-6-8-24(19)30;/h4-16H,1,17-18,31H2,2-3H3,(H,32,35)(H,33,36);1H. The van der Waals surface area contributed by atoms with E-state index in [1.807, 2.05) is 26.0 Å². The van der Waals surface area contributed by atoms with Crippen molar-refractivity contribution in [2.75, 3.05) is 16.4 Å². The highest BCUT2D eigenvalue weighted by Gasteiger charge is 2.20. The van der Waals surface area contributed by atoms with E-state index in [1.54, 1.807) is 65.2 Å². The van der Waals surface area contributed by atoms with E-state index in [-0.39, 0.29) is 48.4 Å². The third kappa shape index (κ3) is 6.57. The van der Waals surface area contributed by atoms with Gasteiger partial charge in [0.2, 0.25) is 5.91 Å². The van der Waals surface area contributed by atoms with Gasteiger partial charge in [-0.1, -0.05) is 38.1 Å². The van der Waals surface area contributed by atoms with Crippen LogP contribution in [0.3, 0.4) is 0 Å². The maximum atomic E-state index is 14.5. The average molecular weight is 521 g/mol. The van der Waals surface area contributed by atoms with Crippen LogP contribution in [0.25, 0.3) is 10.9 Å². The Labute approximate surface area is 221 Å². The van der Waals surface area contributed by atoms with Crippen LogP contribution in [0.4, 0.5) is 21.5 Å². The molecule has 0 unspecified atom stereocenters. The Kier molecular flexibility index (Phi) is 8.40. The number of anilines is 3. The Morgan fingerprint density at radius 3 is 2.35 bits per heavy atom. The molecule has 4 aromatic rings. The molecule has 8 heteroatoms. The van der Waals surface area contributed by atoms with Gasteiger partial charge in [0.05, 0.1) is 6.54 Å². The molecular weight excluding hydrogens is 491 g/mol. The number of nitrogens with one attached hydrogen (secondary N) is 2. The molecule has 1 heterocycles. The zero-order valence-corrected chi connectivity index (χ0v) is 21.6. The predicted molar refractivity (Wildman–Crippen MR) is 151 cm³/mol. The summed E-state index contributed by atoms with van der Waals surface area (Å²) in [5.41, 5.74) is 8.77. The molecule has 0 bridgehead atoms. The van der Waals surface area contributed by atoms with Crippen molar-refractivity contribution in [3.05, 3.63) is 103 Å². The zero-order valence-electron chi connectivity index (χ0n) is 20.8. The quantitative estimate of drug-likeness (QED) is 0.180. The van der Waals surface area contributed by atoms with Gasteiger partial charge in [-0.2, -0.15) is 0 Å². The highest BCUT2D eigenvalue weighted by molar-refractivity contribution is 6.07. The molecule has 0 atom stereocenters. The molecule has 1 aromatic heterocycles. The smallest absolute Gasteiger partial charge is 0.272 e. The summed E-state index contributed by atoms with van der Waals surface area (Å²) in [5, 5.41) is 6.54. The number of carbonyl (C=O) groups is 2. The number of fused-ring (bicyclic) bond motifs is 1. The molecule has 0 radical (unpaired) electrons. The number of amides is 2. The van der Waals surface area contributed by atoms with Crippen molar-refractivity contribution < 1.29 is 14.0 Å². The van der Waals surface area contributed by atoms with Gasteiger partial charge in [-0.25, -0.2) is 4.39 Å². The summed E-state index contributed by atoms with van der Waals surface area (Å²) in [6.07, 6.45) is 2.04. The van der Waals surface area contributed by atoms with Gasteiger partial charge in [0.1, 0.15) is 11.5 Å². The van der Waals surface area contributed by atoms with E-state index in [0.29, 0.717) is 28.3 Å². The van der Waals surface area contributed by atoms with Crippen molar-refractivity contribution in [1.82, 2.24) is 4.57 Å². The lowest BCUT2D eigenvalue weighted by atomic mass is 9.89. The lowest BCUT2D eigenvalue weighted by molar-refractivity contribution is -0.117. The van der Waals surface area contributed by atoms with E-state index in [2.05, 4.69) is 17.2 Å². The summed E-state index contributed by atoms with van der Waals surface area (Å²) < 4.78 is 16.3. The fourth-order valence-corrected chi connectivity index (χ4v) is 3.96. The molecule has 0 saturated carbocycles. The zero-order chi connectivity index (χ0) is 25.9. The molecule has 37 heavy (non-hydrogen) atoms. The van der Waals surface area contributed by atoms with Crippen molar-refractivity contribution in [2.24, 2.45) is 5.41 Å².